The molecule has 1 aliphatic rings. The minimum absolute atomic E-state index is 0.388. The molecular formula is C28H31N3O3S. The molecule has 3 aromatic carbocycles. The molecule has 0 bridgehead atoms. The summed E-state index contributed by atoms with van der Waals surface area (Å²) in [7, 11) is 0. The largest absolute Gasteiger partial charge is 0.494 e. The first kappa shape index (κ1) is 24.5. The van der Waals surface area contributed by atoms with Gasteiger partial charge in [-0.1, -0.05) is 24.3 Å². The van der Waals surface area contributed by atoms with E-state index in [4.69, 9.17) is 26.4 Å². The summed E-state index contributed by atoms with van der Waals surface area (Å²) in [6.45, 7) is 9.26. The number of nitrogens with zero attached hydrogens (tertiary/aromatic N) is 1. The molecule has 1 heterocycles. The average molecular weight is 490 g/mol. The van der Waals surface area contributed by atoms with Crippen LogP contribution in [0.4, 0.5) is 5.69 Å². The lowest BCUT2D eigenvalue weighted by atomic mass is 9.92. The number of hydrogen-bond donors (Lipinski definition) is 2. The lowest BCUT2D eigenvalue weighted by Crippen LogP contribution is -2.37. The highest BCUT2D eigenvalue weighted by Crippen LogP contribution is 2.35. The van der Waals surface area contributed by atoms with Gasteiger partial charge in [-0.2, -0.15) is 5.10 Å². The summed E-state index contributed by atoms with van der Waals surface area (Å²) in [5.41, 5.74) is 7.56. The first-order chi connectivity index (χ1) is 16.8. The first-order valence-electron chi connectivity index (χ1n) is 11.7. The van der Waals surface area contributed by atoms with E-state index in [-0.39, 0.29) is 5.60 Å². The number of thiocarbonyl (C=S) groups is 1. The first-order valence-corrected chi connectivity index (χ1v) is 12.1. The predicted octanol–water partition coefficient (Wildman–Crippen LogP) is 6.22. The number of hydrogen-bond acceptors (Lipinski definition) is 5. The molecule has 35 heavy (non-hydrogen) atoms. The zero-order valence-corrected chi connectivity index (χ0v) is 21.4. The number of hydrazone groups is 1. The highest BCUT2D eigenvalue weighted by Gasteiger charge is 2.31. The van der Waals surface area contributed by atoms with E-state index < -0.39 is 0 Å². The molecule has 4 rings (SSSR count). The molecule has 0 aliphatic carbocycles. The van der Waals surface area contributed by atoms with Crippen molar-refractivity contribution in [3.8, 4) is 17.2 Å². The lowest BCUT2D eigenvalue weighted by molar-refractivity contribution is 0.111. The van der Waals surface area contributed by atoms with E-state index in [2.05, 4.69) is 34.9 Å². The Kier molecular flexibility index (Phi) is 7.56. The molecule has 1 aliphatic heterocycles. The molecule has 0 saturated heterocycles. The van der Waals surface area contributed by atoms with Crippen LogP contribution in [0.15, 0.2) is 71.8 Å². The standard InChI is InChI=1S/C28H31N3O3S/c1-5-32-22-12-10-21(11-13-22)29-27(35)31-30-25-17-28(3,4)34-26-15-14-23(16-24(25)26)33-18-20-9-7-6-8-19(20)2/h6-16H,5,17-18H2,1-4H3,(H2,29,31,35)/b30-25+. The van der Waals surface area contributed by atoms with Crippen molar-refractivity contribution in [3.63, 3.8) is 0 Å². The van der Waals surface area contributed by atoms with Crippen molar-refractivity contribution >= 4 is 28.7 Å². The maximum Gasteiger partial charge on any atom is 0.191 e. The van der Waals surface area contributed by atoms with Crippen molar-refractivity contribution in [1.82, 2.24) is 5.43 Å². The summed E-state index contributed by atoms with van der Waals surface area (Å²) < 4.78 is 17.8. The van der Waals surface area contributed by atoms with Crippen LogP contribution in [0.3, 0.4) is 0 Å². The molecular weight excluding hydrogens is 458 g/mol. The number of fused-ring (bicyclic) bond motifs is 1. The van der Waals surface area contributed by atoms with Crippen molar-refractivity contribution in [2.24, 2.45) is 5.10 Å². The highest BCUT2D eigenvalue weighted by molar-refractivity contribution is 7.80. The third kappa shape index (κ3) is 6.51. The lowest BCUT2D eigenvalue weighted by Gasteiger charge is -2.33. The SMILES string of the molecule is CCOc1ccc(NC(=S)N/N=C2\CC(C)(C)Oc3ccc(OCc4ccccc4C)cc32)cc1. The molecule has 6 nitrogen and oxygen atoms in total. The van der Waals surface area contributed by atoms with Gasteiger partial charge >= 0.3 is 0 Å². The van der Waals surface area contributed by atoms with Gasteiger partial charge < -0.3 is 19.5 Å². The van der Waals surface area contributed by atoms with E-state index >= 15 is 0 Å². The Morgan fingerprint density at radius 2 is 1.77 bits per heavy atom. The van der Waals surface area contributed by atoms with Crippen LogP contribution in [0.5, 0.6) is 17.2 Å². The zero-order chi connectivity index (χ0) is 24.8. The summed E-state index contributed by atoms with van der Waals surface area (Å²) in [6.07, 6.45) is 0.625. The Morgan fingerprint density at radius 3 is 2.51 bits per heavy atom. The normalized spacial score (nSPS) is 15.0. The van der Waals surface area contributed by atoms with Crippen LogP contribution in [0, 0.1) is 6.92 Å². The van der Waals surface area contributed by atoms with Gasteiger partial charge in [0.25, 0.3) is 0 Å². The van der Waals surface area contributed by atoms with Gasteiger partial charge in [0.2, 0.25) is 0 Å². The summed E-state index contributed by atoms with van der Waals surface area (Å²) in [5.74, 6) is 2.35. The minimum Gasteiger partial charge on any atom is -0.494 e. The molecule has 0 unspecified atom stereocenters. The quantitative estimate of drug-likeness (QED) is 0.303. The van der Waals surface area contributed by atoms with Crippen molar-refractivity contribution in [3.05, 3.63) is 83.4 Å². The van der Waals surface area contributed by atoms with Crippen LogP contribution in [-0.4, -0.2) is 23.0 Å². The topological polar surface area (TPSA) is 64.1 Å². The molecule has 0 saturated carbocycles. The fourth-order valence-corrected chi connectivity index (χ4v) is 4.02. The van der Waals surface area contributed by atoms with Crippen LogP contribution in [-0.2, 0) is 6.61 Å². The van der Waals surface area contributed by atoms with Crippen LogP contribution in [0.2, 0.25) is 0 Å². The van der Waals surface area contributed by atoms with E-state index in [0.717, 1.165) is 39.8 Å². The van der Waals surface area contributed by atoms with Crippen LogP contribution in [0.1, 0.15) is 43.9 Å². The van der Waals surface area contributed by atoms with Gasteiger partial charge in [-0.15, -0.1) is 0 Å². The number of anilines is 1. The van der Waals surface area contributed by atoms with E-state index in [1.807, 2.05) is 75.4 Å². The highest BCUT2D eigenvalue weighted by atomic mass is 32.1. The molecule has 0 fully saturated rings. The number of benzene rings is 3. The average Bonchev–Trinajstić information content (AvgIpc) is 2.83. The molecule has 0 aromatic heterocycles. The molecule has 0 amide bonds. The minimum atomic E-state index is -0.388. The van der Waals surface area contributed by atoms with Gasteiger partial charge in [-0.25, -0.2) is 0 Å². The van der Waals surface area contributed by atoms with Crippen LogP contribution < -0.4 is 25.0 Å². The Morgan fingerprint density at radius 1 is 1.03 bits per heavy atom. The molecule has 0 atom stereocenters. The van der Waals surface area contributed by atoms with Gasteiger partial charge in [0, 0.05) is 17.7 Å². The Balaban J connectivity index is 1.47. The zero-order valence-electron chi connectivity index (χ0n) is 20.6. The monoisotopic (exact) mass is 489 g/mol. The van der Waals surface area contributed by atoms with Crippen molar-refractivity contribution in [2.75, 3.05) is 11.9 Å². The smallest absolute Gasteiger partial charge is 0.191 e. The van der Waals surface area contributed by atoms with Crippen molar-refractivity contribution < 1.29 is 14.2 Å². The summed E-state index contributed by atoms with van der Waals surface area (Å²) in [5, 5.41) is 8.19. The van der Waals surface area contributed by atoms with Crippen LogP contribution in [0.25, 0.3) is 0 Å². The van der Waals surface area contributed by atoms with E-state index in [0.29, 0.717) is 24.7 Å². The van der Waals surface area contributed by atoms with Gasteiger partial charge in [-0.05, 0) is 93.5 Å². The summed E-state index contributed by atoms with van der Waals surface area (Å²) in [4.78, 5) is 0. The Bertz CT molecular complexity index is 1220. The molecule has 7 heteroatoms. The second-order valence-corrected chi connectivity index (χ2v) is 9.40. The fourth-order valence-electron chi connectivity index (χ4n) is 3.86. The maximum absolute atomic E-state index is 6.20. The van der Waals surface area contributed by atoms with Crippen LogP contribution >= 0.6 is 12.2 Å². The number of aryl methyl sites for hydroxylation is 1. The molecule has 0 spiro atoms. The Labute approximate surface area is 212 Å². The van der Waals surface area contributed by atoms with E-state index in [1.165, 1.54) is 5.56 Å². The Hall–Kier alpha value is -3.58. The second-order valence-electron chi connectivity index (χ2n) is 8.99. The van der Waals surface area contributed by atoms with E-state index in [9.17, 15) is 0 Å². The molecule has 0 radical (unpaired) electrons. The molecule has 182 valence electrons. The van der Waals surface area contributed by atoms with Gasteiger partial charge in [-0.3, -0.25) is 5.43 Å². The predicted molar refractivity (Wildman–Crippen MR) is 145 cm³/mol. The second kappa shape index (κ2) is 10.8. The van der Waals surface area contributed by atoms with Crippen molar-refractivity contribution in [2.45, 2.75) is 46.3 Å². The van der Waals surface area contributed by atoms with Gasteiger partial charge in [0.1, 0.15) is 29.5 Å². The number of nitrogens with one attached hydrogen (secondary N) is 2. The van der Waals surface area contributed by atoms with Gasteiger partial charge in [0.15, 0.2) is 5.11 Å². The third-order valence-corrected chi connectivity index (χ3v) is 5.81. The number of rotatable bonds is 7. The van der Waals surface area contributed by atoms with Gasteiger partial charge in [0.05, 0.1) is 12.3 Å². The molecule has 2 N–H and O–H groups in total. The third-order valence-electron chi connectivity index (χ3n) is 5.61. The summed E-state index contributed by atoms with van der Waals surface area (Å²) >= 11 is 5.46. The van der Waals surface area contributed by atoms with Crippen molar-refractivity contribution in [1.29, 1.82) is 0 Å². The van der Waals surface area contributed by atoms with E-state index in [1.54, 1.807) is 0 Å². The fraction of sp³-hybridized carbons (Fsp3) is 0.286. The summed E-state index contributed by atoms with van der Waals surface area (Å²) in [6, 6.07) is 21.7. The maximum atomic E-state index is 6.20. The number of ether oxygens (including phenoxy) is 3. The molecule has 3 aromatic rings.